The first-order chi connectivity index (χ1) is 5.77. The number of benzene rings is 1. The predicted octanol–water partition coefficient (Wildman–Crippen LogP) is 1.87. The number of aryl methyl sites for hydroxylation is 1. The Morgan fingerprint density at radius 3 is 2.83 bits per heavy atom. The van der Waals surface area contributed by atoms with E-state index in [2.05, 4.69) is 12.6 Å². The SMILES string of the molecule is COc1cc(CCS)ccc1O. The van der Waals surface area contributed by atoms with Crippen LogP contribution < -0.4 is 4.74 Å². The zero-order chi connectivity index (χ0) is 8.97. The number of phenolic OH excluding ortho intramolecular Hbond substituents is 1. The molecule has 0 atom stereocenters. The lowest BCUT2D eigenvalue weighted by molar-refractivity contribution is 0.373. The van der Waals surface area contributed by atoms with Crippen molar-refractivity contribution < 1.29 is 9.84 Å². The van der Waals surface area contributed by atoms with Gasteiger partial charge in [0.2, 0.25) is 0 Å². The molecule has 2 nitrogen and oxygen atoms in total. The van der Waals surface area contributed by atoms with Gasteiger partial charge < -0.3 is 9.84 Å². The van der Waals surface area contributed by atoms with Crippen molar-refractivity contribution in [3.05, 3.63) is 23.8 Å². The molecule has 0 heterocycles. The van der Waals surface area contributed by atoms with Crippen LogP contribution in [0.5, 0.6) is 11.5 Å². The third kappa shape index (κ3) is 2.08. The summed E-state index contributed by atoms with van der Waals surface area (Å²) >= 11 is 4.12. The first-order valence-electron chi connectivity index (χ1n) is 3.74. The van der Waals surface area contributed by atoms with Crippen LogP contribution in [-0.2, 0) is 6.42 Å². The molecule has 12 heavy (non-hydrogen) atoms. The monoisotopic (exact) mass is 184 g/mol. The Morgan fingerprint density at radius 1 is 1.50 bits per heavy atom. The van der Waals surface area contributed by atoms with Crippen LogP contribution in [0.15, 0.2) is 18.2 Å². The molecule has 1 aromatic rings. The smallest absolute Gasteiger partial charge is 0.160 e. The lowest BCUT2D eigenvalue weighted by Crippen LogP contribution is -1.89. The standard InChI is InChI=1S/C9H12O2S/c1-11-9-6-7(4-5-12)2-3-8(9)10/h2-3,6,10,12H,4-5H2,1H3. The van der Waals surface area contributed by atoms with Crippen LogP contribution >= 0.6 is 12.6 Å². The molecule has 66 valence electrons. The lowest BCUT2D eigenvalue weighted by atomic mass is 10.1. The third-order valence-electron chi connectivity index (χ3n) is 1.64. The quantitative estimate of drug-likeness (QED) is 0.702. The second-order valence-electron chi connectivity index (χ2n) is 2.48. The van der Waals surface area contributed by atoms with E-state index in [-0.39, 0.29) is 5.75 Å². The zero-order valence-corrected chi connectivity index (χ0v) is 7.84. The largest absolute Gasteiger partial charge is 0.504 e. The molecule has 0 spiro atoms. The number of ether oxygens (including phenoxy) is 1. The molecule has 0 unspecified atom stereocenters. The van der Waals surface area contributed by atoms with Gasteiger partial charge in [-0.1, -0.05) is 6.07 Å². The van der Waals surface area contributed by atoms with E-state index in [0.29, 0.717) is 5.75 Å². The third-order valence-corrected chi connectivity index (χ3v) is 1.87. The number of methoxy groups -OCH3 is 1. The van der Waals surface area contributed by atoms with E-state index in [9.17, 15) is 5.11 Å². The van der Waals surface area contributed by atoms with Gasteiger partial charge in [0.05, 0.1) is 7.11 Å². The second kappa shape index (κ2) is 4.26. The Balaban J connectivity index is 2.89. The summed E-state index contributed by atoms with van der Waals surface area (Å²) in [5, 5.41) is 9.26. The van der Waals surface area contributed by atoms with Gasteiger partial charge in [-0.05, 0) is 29.9 Å². The van der Waals surface area contributed by atoms with Crippen LogP contribution in [-0.4, -0.2) is 18.0 Å². The minimum atomic E-state index is 0.181. The summed E-state index contributed by atoms with van der Waals surface area (Å²) in [7, 11) is 1.54. The Hall–Kier alpha value is -0.830. The predicted molar refractivity (Wildman–Crippen MR) is 52.2 cm³/mol. The molecular formula is C9H12O2S. The summed E-state index contributed by atoms with van der Waals surface area (Å²) in [4.78, 5) is 0. The maximum absolute atomic E-state index is 9.26. The van der Waals surface area contributed by atoms with Crippen molar-refractivity contribution in [1.29, 1.82) is 0 Å². The molecule has 0 bridgehead atoms. The van der Waals surface area contributed by atoms with Crippen LogP contribution in [0.25, 0.3) is 0 Å². The highest BCUT2D eigenvalue weighted by molar-refractivity contribution is 7.80. The van der Waals surface area contributed by atoms with Crippen molar-refractivity contribution in [3.63, 3.8) is 0 Å². The average molecular weight is 184 g/mol. The van der Waals surface area contributed by atoms with Crippen molar-refractivity contribution in [2.75, 3.05) is 12.9 Å². The molecule has 0 saturated carbocycles. The molecule has 0 amide bonds. The van der Waals surface area contributed by atoms with Gasteiger partial charge in [-0.15, -0.1) is 0 Å². The van der Waals surface area contributed by atoms with E-state index < -0.39 is 0 Å². The molecule has 0 aliphatic heterocycles. The Labute approximate surface area is 77.6 Å². The lowest BCUT2D eigenvalue weighted by Gasteiger charge is -2.04. The molecule has 1 aromatic carbocycles. The van der Waals surface area contributed by atoms with Gasteiger partial charge in [0.15, 0.2) is 11.5 Å². The maximum Gasteiger partial charge on any atom is 0.160 e. The molecule has 0 fully saturated rings. The van der Waals surface area contributed by atoms with Gasteiger partial charge in [0.25, 0.3) is 0 Å². The highest BCUT2D eigenvalue weighted by Crippen LogP contribution is 2.26. The van der Waals surface area contributed by atoms with Crippen LogP contribution in [0.4, 0.5) is 0 Å². The number of thiol groups is 1. The van der Waals surface area contributed by atoms with E-state index in [1.807, 2.05) is 12.1 Å². The number of hydrogen-bond acceptors (Lipinski definition) is 3. The van der Waals surface area contributed by atoms with Gasteiger partial charge in [0, 0.05) is 0 Å². The van der Waals surface area contributed by atoms with E-state index in [1.165, 1.54) is 0 Å². The van der Waals surface area contributed by atoms with Crippen molar-refractivity contribution in [2.45, 2.75) is 6.42 Å². The number of aromatic hydroxyl groups is 1. The minimum Gasteiger partial charge on any atom is -0.504 e. The second-order valence-corrected chi connectivity index (χ2v) is 2.93. The fourth-order valence-corrected chi connectivity index (χ4v) is 1.26. The molecule has 0 saturated heterocycles. The van der Waals surface area contributed by atoms with E-state index in [4.69, 9.17) is 4.74 Å². The molecule has 0 radical (unpaired) electrons. The van der Waals surface area contributed by atoms with Crippen LogP contribution in [0.3, 0.4) is 0 Å². The highest BCUT2D eigenvalue weighted by atomic mass is 32.1. The number of phenols is 1. The normalized spacial score (nSPS) is 9.83. The van der Waals surface area contributed by atoms with Crippen molar-refractivity contribution in [3.8, 4) is 11.5 Å². The van der Waals surface area contributed by atoms with E-state index in [1.54, 1.807) is 13.2 Å². The van der Waals surface area contributed by atoms with Crippen LogP contribution in [0, 0.1) is 0 Å². The molecule has 0 aromatic heterocycles. The highest BCUT2D eigenvalue weighted by Gasteiger charge is 2.01. The van der Waals surface area contributed by atoms with E-state index >= 15 is 0 Å². The topological polar surface area (TPSA) is 29.5 Å². The first kappa shape index (κ1) is 9.26. The average Bonchev–Trinajstić information content (AvgIpc) is 2.09. The van der Waals surface area contributed by atoms with Gasteiger partial charge in [-0.3, -0.25) is 0 Å². The summed E-state index contributed by atoms with van der Waals surface area (Å²) in [6.07, 6.45) is 0.889. The Morgan fingerprint density at radius 2 is 2.25 bits per heavy atom. The van der Waals surface area contributed by atoms with Crippen LogP contribution in [0.2, 0.25) is 0 Å². The fraction of sp³-hybridized carbons (Fsp3) is 0.333. The summed E-state index contributed by atoms with van der Waals surface area (Å²) in [6.45, 7) is 0. The first-order valence-corrected chi connectivity index (χ1v) is 4.38. The minimum absolute atomic E-state index is 0.181. The Kier molecular flexibility index (Phi) is 3.29. The van der Waals surface area contributed by atoms with Gasteiger partial charge in [0.1, 0.15) is 0 Å². The summed E-state index contributed by atoms with van der Waals surface area (Å²) < 4.78 is 4.96. The number of rotatable bonds is 3. The van der Waals surface area contributed by atoms with E-state index in [0.717, 1.165) is 17.7 Å². The van der Waals surface area contributed by atoms with Gasteiger partial charge >= 0.3 is 0 Å². The van der Waals surface area contributed by atoms with Gasteiger partial charge in [-0.25, -0.2) is 0 Å². The van der Waals surface area contributed by atoms with Crippen molar-refractivity contribution >= 4 is 12.6 Å². The maximum atomic E-state index is 9.26. The molecule has 1 rings (SSSR count). The fourth-order valence-electron chi connectivity index (χ4n) is 1.01. The van der Waals surface area contributed by atoms with Crippen molar-refractivity contribution in [2.24, 2.45) is 0 Å². The van der Waals surface area contributed by atoms with Gasteiger partial charge in [-0.2, -0.15) is 12.6 Å². The Bertz CT molecular complexity index is 261. The molecule has 1 N–H and O–H groups in total. The summed E-state index contributed by atoms with van der Waals surface area (Å²) in [6, 6.07) is 5.33. The van der Waals surface area contributed by atoms with Crippen LogP contribution in [0.1, 0.15) is 5.56 Å². The number of hydrogen-bond donors (Lipinski definition) is 2. The molecule has 0 aliphatic carbocycles. The van der Waals surface area contributed by atoms with Crippen molar-refractivity contribution in [1.82, 2.24) is 0 Å². The summed E-state index contributed by atoms with van der Waals surface area (Å²) in [5.74, 6) is 1.50. The molecule has 3 heteroatoms. The molecular weight excluding hydrogens is 172 g/mol. The summed E-state index contributed by atoms with van der Waals surface area (Å²) in [5.41, 5.74) is 1.12. The zero-order valence-electron chi connectivity index (χ0n) is 6.95. The molecule has 0 aliphatic rings.